The predicted molar refractivity (Wildman–Crippen MR) is 79.6 cm³/mol. The molecule has 1 aromatic carbocycles. The van der Waals surface area contributed by atoms with Crippen molar-refractivity contribution in [3.05, 3.63) is 28.9 Å². The highest BCUT2D eigenvalue weighted by molar-refractivity contribution is 7.21. The average Bonchev–Trinajstić information content (AvgIpc) is 2.76. The molecule has 0 unspecified atom stereocenters. The number of rotatable bonds is 6. The van der Waals surface area contributed by atoms with Crippen LogP contribution in [-0.2, 0) is 4.74 Å². The summed E-state index contributed by atoms with van der Waals surface area (Å²) in [5.74, 6) is -0.578. The van der Waals surface area contributed by atoms with Gasteiger partial charge in [0.2, 0.25) is 0 Å². The summed E-state index contributed by atoms with van der Waals surface area (Å²) in [5.41, 5.74) is 6.26. The zero-order valence-corrected chi connectivity index (χ0v) is 12.1. The Balaban J connectivity index is 2.05. The number of nitrogens with two attached hydrogens (primary N) is 1. The molecule has 1 heterocycles. The van der Waals surface area contributed by atoms with E-state index in [1.807, 2.05) is 6.92 Å². The largest absolute Gasteiger partial charge is 0.397 e. The van der Waals surface area contributed by atoms with E-state index in [0.29, 0.717) is 35.7 Å². The zero-order chi connectivity index (χ0) is 14.5. The number of anilines is 1. The van der Waals surface area contributed by atoms with Crippen LogP contribution in [0, 0.1) is 5.82 Å². The first-order valence-electron chi connectivity index (χ1n) is 6.47. The standard InChI is InChI=1S/C14H17FN2O2S/c1-2-19-7-3-6-17-14(18)13-12(16)10-8-9(15)4-5-11(10)20-13/h4-5,8H,2-3,6-7,16H2,1H3,(H,17,18). The lowest BCUT2D eigenvalue weighted by Gasteiger charge is -2.04. The highest BCUT2D eigenvalue weighted by Crippen LogP contribution is 2.33. The Kier molecular flexibility index (Phi) is 4.92. The zero-order valence-electron chi connectivity index (χ0n) is 11.2. The lowest BCUT2D eigenvalue weighted by molar-refractivity contribution is 0.0949. The van der Waals surface area contributed by atoms with Gasteiger partial charge in [-0.2, -0.15) is 0 Å². The van der Waals surface area contributed by atoms with E-state index in [2.05, 4.69) is 5.32 Å². The summed E-state index contributed by atoms with van der Waals surface area (Å²) in [7, 11) is 0. The number of amides is 1. The minimum Gasteiger partial charge on any atom is -0.397 e. The SMILES string of the molecule is CCOCCCNC(=O)c1sc2ccc(F)cc2c1N. The number of halogens is 1. The van der Waals surface area contributed by atoms with Crippen LogP contribution < -0.4 is 11.1 Å². The summed E-state index contributed by atoms with van der Waals surface area (Å²) in [6, 6.07) is 4.35. The van der Waals surface area contributed by atoms with Crippen molar-refractivity contribution in [2.24, 2.45) is 0 Å². The van der Waals surface area contributed by atoms with Gasteiger partial charge < -0.3 is 15.8 Å². The van der Waals surface area contributed by atoms with Gasteiger partial charge in [0.15, 0.2) is 0 Å². The van der Waals surface area contributed by atoms with Crippen molar-refractivity contribution in [3.8, 4) is 0 Å². The number of carbonyl (C=O) groups is 1. The molecule has 4 nitrogen and oxygen atoms in total. The van der Waals surface area contributed by atoms with E-state index >= 15 is 0 Å². The first kappa shape index (κ1) is 14.7. The number of hydrogen-bond donors (Lipinski definition) is 2. The van der Waals surface area contributed by atoms with Crippen LogP contribution in [0.5, 0.6) is 0 Å². The summed E-state index contributed by atoms with van der Waals surface area (Å²) in [6.07, 6.45) is 0.749. The second-order valence-corrected chi connectivity index (χ2v) is 5.34. The maximum atomic E-state index is 13.2. The van der Waals surface area contributed by atoms with Crippen LogP contribution in [0.4, 0.5) is 10.1 Å². The first-order valence-corrected chi connectivity index (χ1v) is 7.28. The Hall–Kier alpha value is -1.66. The summed E-state index contributed by atoms with van der Waals surface area (Å²) >= 11 is 1.27. The van der Waals surface area contributed by atoms with E-state index in [4.69, 9.17) is 10.5 Å². The third-order valence-electron chi connectivity index (χ3n) is 2.85. The maximum Gasteiger partial charge on any atom is 0.263 e. The van der Waals surface area contributed by atoms with Crippen LogP contribution in [-0.4, -0.2) is 25.7 Å². The first-order chi connectivity index (χ1) is 9.63. The molecule has 0 aliphatic heterocycles. The summed E-state index contributed by atoms with van der Waals surface area (Å²) < 4.78 is 19.2. The fourth-order valence-corrected chi connectivity index (χ4v) is 2.88. The Morgan fingerprint density at radius 1 is 1.50 bits per heavy atom. The third-order valence-corrected chi connectivity index (χ3v) is 4.04. The monoisotopic (exact) mass is 296 g/mol. The van der Waals surface area contributed by atoms with Crippen LogP contribution >= 0.6 is 11.3 Å². The number of nitrogen functional groups attached to an aromatic ring is 1. The van der Waals surface area contributed by atoms with Crippen molar-refractivity contribution >= 4 is 33.0 Å². The summed E-state index contributed by atoms with van der Waals surface area (Å²) in [6.45, 7) is 3.74. The quantitative estimate of drug-likeness (QED) is 0.806. The third kappa shape index (κ3) is 3.26. The van der Waals surface area contributed by atoms with Gasteiger partial charge in [0.1, 0.15) is 10.7 Å². The molecular weight excluding hydrogens is 279 g/mol. The molecule has 6 heteroatoms. The van der Waals surface area contributed by atoms with Gasteiger partial charge in [-0.3, -0.25) is 4.79 Å². The molecule has 0 saturated heterocycles. The summed E-state index contributed by atoms with van der Waals surface area (Å²) in [5, 5.41) is 3.38. The van der Waals surface area contributed by atoms with Gasteiger partial charge in [-0.15, -0.1) is 11.3 Å². The highest BCUT2D eigenvalue weighted by atomic mass is 32.1. The average molecular weight is 296 g/mol. The molecule has 0 bridgehead atoms. The molecule has 1 amide bonds. The number of fused-ring (bicyclic) bond motifs is 1. The maximum absolute atomic E-state index is 13.2. The lowest BCUT2D eigenvalue weighted by Crippen LogP contribution is -2.25. The Morgan fingerprint density at radius 3 is 3.05 bits per heavy atom. The molecule has 0 spiro atoms. The Morgan fingerprint density at radius 2 is 2.30 bits per heavy atom. The normalized spacial score (nSPS) is 10.9. The van der Waals surface area contributed by atoms with E-state index in [1.165, 1.54) is 23.5 Å². The number of ether oxygens (including phenoxy) is 1. The van der Waals surface area contributed by atoms with Crippen LogP contribution in [0.25, 0.3) is 10.1 Å². The number of nitrogens with one attached hydrogen (secondary N) is 1. The van der Waals surface area contributed by atoms with Crippen LogP contribution in [0.1, 0.15) is 23.0 Å². The molecule has 0 aliphatic carbocycles. The fourth-order valence-electron chi connectivity index (χ4n) is 1.86. The highest BCUT2D eigenvalue weighted by Gasteiger charge is 2.16. The number of carbonyl (C=O) groups excluding carboxylic acids is 1. The summed E-state index contributed by atoms with van der Waals surface area (Å²) in [4.78, 5) is 12.5. The van der Waals surface area contributed by atoms with Gasteiger partial charge in [0, 0.05) is 29.8 Å². The topological polar surface area (TPSA) is 64.3 Å². The number of thiophene rings is 1. The molecule has 0 radical (unpaired) electrons. The van der Waals surface area contributed by atoms with Crippen LogP contribution in [0.3, 0.4) is 0 Å². The van der Waals surface area contributed by atoms with Gasteiger partial charge in [-0.05, 0) is 31.5 Å². The molecule has 1 aromatic heterocycles. The van der Waals surface area contributed by atoms with E-state index in [1.54, 1.807) is 6.07 Å². The molecule has 2 aromatic rings. The molecule has 2 rings (SSSR count). The minimum atomic E-state index is -0.356. The van der Waals surface area contributed by atoms with E-state index < -0.39 is 0 Å². The van der Waals surface area contributed by atoms with E-state index in [9.17, 15) is 9.18 Å². The molecule has 0 saturated carbocycles. The molecule has 3 N–H and O–H groups in total. The molecule has 0 atom stereocenters. The van der Waals surface area contributed by atoms with Crippen molar-refractivity contribution < 1.29 is 13.9 Å². The second-order valence-electron chi connectivity index (χ2n) is 4.29. The minimum absolute atomic E-state index is 0.222. The van der Waals surface area contributed by atoms with Crippen molar-refractivity contribution in [2.75, 3.05) is 25.5 Å². The van der Waals surface area contributed by atoms with Gasteiger partial charge >= 0.3 is 0 Å². The second kappa shape index (κ2) is 6.67. The van der Waals surface area contributed by atoms with Crippen LogP contribution in [0.15, 0.2) is 18.2 Å². The van der Waals surface area contributed by atoms with Crippen molar-refractivity contribution in [1.29, 1.82) is 0 Å². The molecule has 0 fully saturated rings. The smallest absolute Gasteiger partial charge is 0.263 e. The van der Waals surface area contributed by atoms with Gasteiger partial charge in [0.05, 0.1) is 5.69 Å². The van der Waals surface area contributed by atoms with Gasteiger partial charge in [-0.1, -0.05) is 0 Å². The van der Waals surface area contributed by atoms with Crippen molar-refractivity contribution in [1.82, 2.24) is 5.32 Å². The molecule has 108 valence electrons. The van der Waals surface area contributed by atoms with Crippen LogP contribution in [0.2, 0.25) is 0 Å². The molecule has 0 aliphatic rings. The Bertz CT molecular complexity index is 612. The van der Waals surface area contributed by atoms with Gasteiger partial charge in [0.25, 0.3) is 5.91 Å². The number of benzene rings is 1. The van der Waals surface area contributed by atoms with Crippen molar-refractivity contribution in [3.63, 3.8) is 0 Å². The van der Waals surface area contributed by atoms with E-state index in [0.717, 1.165) is 11.1 Å². The number of hydrogen-bond acceptors (Lipinski definition) is 4. The fraction of sp³-hybridized carbons (Fsp3) is 0.357. The molecule has 20 heavy (non-hydrogen) atoms. The van der Waals surface area contributed by atoms with Gasteiger partial charge in [-0.25, -0.2) is 4.39 Å². The van der Waals surface area contributed by atoms with Crippen molar-refractivity contribution in [2.45, 2.75) is 13.3 Å². The molecular formula is C14H17FN2O2S. The lowest BCUT2D eigenvalue weighted by atomic mass is 10.2. The predicted octanol–water partition coefficient (Wildman–Crippen LogP) is 2.78. The Labute approximate surface area is 120 Å². The van der Waals surface area contributed by atoms with E-state index in [-0.39, 0.29) is 11.7 Å².